The van der Waals surface area contributed by atoms with Gasteiger partial charge in [0.05, 0.1) is 11.1 Å². The van der Waals surface area contributed by atoms with Gasteiger partial charge in [-0.1, -0.05) is 0 Å². The number of anilines is 1. The van der Waals surface area contributed by atoms with Crippen molar-refractivity contribution in [3.05, 3.63) is 15.5 Å². The molecule has 1 saturated carbocycles. The smallest absolute Gasteiger partial charge is 0.410 e. The first-order chi connectivity index (χ1) is 12.3. The summed E-state index contributed by atoms with van der Waals surface area (Å²) in [5.74, 6) is 0.608. The minimum Gasteiger partial charge on any atom is -0.444 e. The summed E-state index contributed by atoms with van der Waals surface area (Å²) in [5.41, 5.74) is 2.88. The lowest BCUT2D eigenvalue weighted by Crippen LogP contribution is -2.50. The molecule has 1 aliphatic carbocycles. The number of fused-ring (bicyclic) bond motifs is 1. The molecule has 2 fully saturated rings. The summed E-state index contributed by atoms with van der Waals surface area (Å²) in [6.07, 6.45) is 4.23. The fourth-order valence-electron chi connectivity index (χ4n) is 3.42. The molecule has 0 unspecified atom stereocenters. The highest BCUT2D eigenvalue weighted by molar-refractivity contribution is 14.1. The Kier molecular flexibility index (Phi) is 4.48. The zero-order valence-corrected chi connectivity index (χ0v) is 17.5. The Balaban J connectivity index is 1.57. The van der Waals surface area contributed by atoms with Gasteiger partial charge in [0, 0.05) is 32.4 Å². The van der Waals surface area contributed by atoms with E-state index >= 15 is 0 Å². The Labute approximate surface area is 166 Å². The van der Waals surface area contributed by atoms with E-state index in [-0.39, 0.29) is 6.09 Å². The molecular formula is C18H24IN5O2. The van der Waals surface area contributed by atoms with Crippen molar-refractivity contribution in [2.75, 3.05) is 31.1 Å². The fraction of sp³-hybridized carbons (Fsp3) is 0.611. The molecule has 0 bridgehead atoms. The van der Waals surface area contributed by atoms with Crippen LogP contribution in [0.25, 0.3) is 11.0 Å². The van der Waals surface area contributed by atoms with Crippen LogP contribution in [0.2, 0.25) is 0 Å². The molecule has 1 amide bonds. The molecule has 3 heterocycles. The monoisotopic (exact) mass is 469 g/mol. The molecule has 0 spiro atoms. The number of aromatic nitrogens is 3. The van der Waals surface area contributed by atoms with E-state index < -0.39 is 5.60 Å². The normalized spacial score (nSPS) is 18.5. The van der Waals surface area contributed by atoms with Gasteiger partial charge in [-0.15, -0.1) is 0 Å². The maximum Gasteiger partial charge on any atom is 0.410 e. The van der Waals surface area contributed by atoms with Crippen LogP contribution in [-0.4, -0.2) is 58.0 Å². The van der Waals surface area contributed by atoms with Crippen molar-refractivity contribution in [1.29, 1.82) is 0 Å². The van der Waals surface area contributed by atoms with Crippen molar-refractivity contribution in [1.82, 2.24) is 20.1 Å². The third-order valence-corrected chi connectivity index (χ3v) is 5.58. The Hall–Kier alpha value is -1.58. The van der Waals surface area contributed by atoms with Gasteiger partial charge in [0.25, 0.3) is 0 Å². The lowest BCUT2D eigenvalue weighted by atomic mass is 10.1. The molecule has 4 rings (SSSR count). The molecule has 0 aromatic carbocycles. The van der Waals surface area contributed by atoms with Gasteiger partial charge in [-0.2, -0.15) is 5.10 Å². The van der Waals surface area contributed by atoms with Crippen LogP contribution >= 0.6 is 22.6 Å². The summed E-state index contributed by atoms with van der Waals surface area (Å²) in [4.78, 5) is 21.1. The lowest BCUT2D eigenvalue weighted by molar-refractivity contribution is 0.0240. The third-order valence-electron chi connectivity index (χ3n) is 4.80. The first-order valence-corrected chi connectivity index (χ1v) is 10.2. The number of hydrogen-bond donors (Lipinski definition) is 1. The number of pyridine rings is 1. The lowest BCUT2D eigenvalue weighted by Gasteiger charge is -2.37. The summed E-state index contributed by atoms with van der Waals surface area (Å²) in [7, 11) is 0. The van der Waals surface area contributed by atoms with Gasteiger partial charge in [0.15, 0.2) is 5.65 Å². The molecule has 0 radical (unpaired) electrons. The van der Waals surface area contributed by atoms with Crippen LogP contribution in [0.3, 0.4) is 0 Å². The third kappa shape index (κ3) is 3.47. The quantitative estimate of drug-likeness (QED) is 0.682. The number of piperazine rings is 1. The van der Waals surface area contributed by atoms with Crippen LogP contribution in [0.15, 0.2) is 6.20 Å². The van der Waals surface area contributed by atoms with E-state index in [2.05, 4.69) is 42.7 Å². The van der Waals surface area contributed by atoms with Crippen LogP contribution in [0.5, 0.6) is 0 Å². The Bertz CT molecular complexity index is 832. The largest absolute Gasteiger partial charge is 0.444 e. The maximum absolute atomic E-state index is 12.3. The van der Waals surface area contributed by atoms with Gasteiger partial charge in [-0.3, -0.25) is 5.10 Å². The van der Waals surface area contributed by atoms with Gasteiger partial charge < -0.3 is 14.5 Å². The van der Waals surface area contributed by atoms with Crippen molar-refractivity contribution in [2.24, 2.45) is 0 Å². The van der Waals surface area contributed by atoms with Gasteiger partial charge in [0.1, 0.15) is 9.30 Å². The Morgan fingerprint density at radius 3 is 2.58 bits per heavy atom. The van der Waals surface area contributed by atoms with E-state index in [1.165, 1.54) is 24.1 Å². The van der Waals surface area contributed by atoms with Crippen molar-refractivity contribution in [3.8, 4) is 0 Å². The second-order valence-corrected chi connectivity index (χ2v) is 9.11. The first kappa shape index (κ1) is 17.8. The zero-order chi connectivity index (χ0) is 18.5. The molecule has 7 nitrogen and oxygen atoms in total. The van der Waals surface area contributed by atoms with E-state index in [0.717, 1.165) is 27.8 Å². The zero-order valence-electron chi connectivity index (χ0n) is 15.4. The molecular weight excluding hydrogens is 445 g/mol. The van der Waals surface area contributed by atoms with E-state index in [1.54, 1.807) is 4.90 Å². The SMILES string of the molecule is CC(C)(C)OC(=O)N1CCN(c2c(C3CC3)cnc3n[nH]c(I)c23)CC1. The van der Waals surface area contributed by atoms with Crippen LogP contribution < -0.4 is 4.90 Å². The highest BCUT2D eigenvalue weighted by Crippen LogP contribution is 2.46. The minimum absolute atomic E-state index is 0.225. The number of ether oxygens (including phenoxy) is 1. The standard InChI is InChI=1S/C18H24IN5O2/c1-18(2,3)26-17(25)24-8-6-23(7-9-24)14-12(11-4-5-11)10-20-16-13(14)15(19)21-22-16/h10-11H,4-9H2,1-3H3,(H,20,21,22). The number of amides is 1. The van der Waals surface area contributed by atoms with Crippen LogP contribution in [0.1, 0.15) is 45.1 Å². The van der Waals surface area contributed by atoms with Crippen LogP contribution in [0, 0.1) is 3.70 Å². The topological polar surface area (TPSA) is 74.3 Å². The number of H-pyrrole nitrogens is 1. The van der Waals surface area contributed by atoms with Gasteiger partial charge >= 0.3 is 6.09 Å². The molecule has 140 valence electrons. The number of rotatable bonds is 2. The highest BCUT2D eigenvalue weighted by Gasteiger charge is 2.33. The number of carbonyl (C=O) groups is 1. The molecule has 2 aromatic rings. The number of aromatic amines is 1. The Morgan fingerprint density at radius 1 is 1.27 bits per heavy atom. The average molecular weight is 469 g/mol. The predicted molar refractivity (Wildman–Crippen MR) is 109 cm³/mol. The summed E-state index contributed by atoms with van der Waals surface area (Å²) >= 11 is 2.30. The van der Waals surface area contributed by atoms with E-state index in [1.807, 2.05) is 27.0 Å². The summed E-state index contributed by atoms with van der Waals surface area (Å²) in [6, 6.07) is 0. The molecule has 0 atom stereocenters. The van der Waals surface area contributed by atoms with Crippen molar-refractivity contribution < 1.29 is 9.53 Å². The summed E-state index contributed by atoms with van der Waals surface area (Å²) in [6.45, 7) is 8.61. The van der Waals surface area contributed by atoms with Crippen LogP contribution in [0.4, 0.5) is 10.5 Å². The average Bonchev–Trinajstić information content (AvgIpc) is 3.36. The predicted octanol–water partition coefficient (Wildman–Crippen LogP) is 3.50. The minimum atomic E-state index is -0.461. The molecule has 2 aromatic heterocycles. The molecule has 26 heavy (non-hydrogen) atoms. The van der Waals surface area contributed by atoms with Gasteiger partial charge in [-0.25, -0.2) is 9.78 Å². The molecule has 1 N–H and O–H groups in total. The number of nitrogens with zero attached hydrogens (tertiary/aromatic N) is 4. The maximum atomic E-state index is 12.3. The van der Waals surface area contributed by atoms with Crippen molar-refractivity contribution in [3.63, 3.8) is 0 Å². The number of nitrogens with one attached hydrogen (secondary N) is 1. The van der Waals surface area contributed by atoms with Gasteiger partial charge in [0.2, 0.25) is 0 Å². The molecule has 1 saturated heterocycles. The fourth-order valence-corrected chi connectivity index (χ4v) is 4.04. The molecule has 2 aliphatic rings. The van der Waals surface area contributed by atoms with E-state index in [4.69, 9.17) is 4.74 Å². The summed E-state index contributed by atoms with van der Waals surface area (Å²) < 4.78 is 6.53. The Morgan fingerprint density at radius 2 is 1.96 bits per heavy atom. The second kappa shape index (κ2) is 6.54. The second-order valence-electron chi connectivity index (χ2n) is 8.03. The molecule has 8 heteroatoms. The highest BCUT2D eigenvalue weighted by atomic mass is 127. The molecule has 1 aliphatic heterocycles. The van der Waals surface area contributed by atoms with Crippen molar-refractivity contribution >= 4 is 45.4 Å². The number of hydrogen-bond acceptors (Lipinski definition) is 5. The van der Waals surface area contributed by atoms with E-state index in [0.29, 0.717) is 19.0 Å². The van der Waals surface area contributed by atoms with Crippen molar-refractivity contribution in [2.45, 2.75) is 45.1 Å². The number of halogens is 1. The van der Waals surface area contributed by atoms with E-state index in [9.17, 15) is 4.79 Å². The van der Waals surface area contributed by atoms with Crippen LogP contribution in [-0.2, 0) is 4.74 Å². The number of carbonyl (C=O) groups excluding carboxylic acids is 1. The summed E-state index contributed by atoms with van der Waals surface area (Å²) in [5, 5.41) is 8.49. The van der Waals surface area contributed by atoms with Gasteiger partial charge in [-0.05, 0) is 67.7 Å². The first-order valence-electron chi connectivity index (χ1n) is 9.09.